The molecule has 1 amide bonds. The fourth-order valence-corrected chi connectivity index (χ4v) is 3.50. The molecule has 1 saturated heterocycles. The highest BCUT2D eigenvalue weighted by atomic mass is 19.1. The molecule has 1 aliphatic rings. The van der Waals surface area contributed by atoms with Crippen molar-refractivity contribution in [2.24, 2.45) is 0 Å². The molecule has 3 rings (SSSR count). The van der Waals surface area contributed by atoms with Crippen LogP contribution in [0.3, 0.4) is 0 Å². The van der Waals surface area contributed by atoms with E-state index < -0.39 is 12.0 Å². The number of halogens is 1. The topological polar surface area (TPSA) is 75.4 Å². The lowest BCUT2D eigenvalue weighted by Crippen LogP contribution is -2.48. The second-order valence-corrected chi connectivity index (χ2v) is 6.65. The zero-order valence-electron chi connectivity index (χ0n) is 14.9. The number of amides is 1. The van der Waals surface area contributed by atoms with Gasteiger partial charge in [0.2, 0.25) is 5.91 Å². The van der Waals surface area contributed by atoms with Gasteiger partial charge in [-0.15, -0.1) is 0 Å². The third-order valence-electron chi connectivity index (χ3n) is 4.95. The number of nitrogens with zero attached hydrogens (tertiary/aromatic N) is 3. The van der Waals surface area contributed by atoms with Gasteiger partial charge in [-0.1, -0.05) is 0 Å². The van der Waals surface area contributed by atoms with Crippen LogP contribution < -0.4 is 0 Å². The lowest BCUT2D eigenvalue weighted by molar-refractivity contribution is -0.151. The van der Waals surface area contributed by atoms with Crippen LogP contribution in [0.15, 0.2) is 24.3 Å². The van der Waals surface area contributed by atoms with E-state index in [0.29, 0.717) is 24.3 Å². The first kappa shape index (κ1) is 18.1. The lowest BCUT2D eigenvalue weighted by atomic mass is 10.0. The van der Waals surface area contributed by atoms with Gasteiger partial charge >= 0.3 is 5.97 Å². The van der Waals surface area contributed by atoms with Gasteiger partial charge in [-0.05, 0) is 57.4 Å². The van der Waals surface area contributed by atoms with E-state index >= 15 is 0 Å². The number of carboxylic acid groups (broad SMARTS) is 1. The third kappa shape index (κ3) is 3.47. The largest absolute Gasteiger partial charge is 0.480 e. The Morgan fingerprint density at radius 3 is 2.58 bits per heavy atom. The summed E-state index contributed by atoms with van der Waals surface area (Å²) >= 11 is 0. The van der Waals surface area contributed by atoms with Crippen molar-refractivity contribution in [1.82, 2.24) is 14.7 Å². The van der Waals surface area contributed by atoms with Crippen LogP contribution in [0.4, 0.5) is 4.39 Å². The average molecular weight is 359 g/mol. The van der Waals surface area contributed by atoms with Gasteiger partial charge in [0.15, 0.2) is 0 Å². The fraction of sp³-hybridized carbons (Fsp3) is 0.421. The summed E-state index contributed by atoms with van der Waals surface area (Å²) in [5.41, 5.74) is 3.01. The van der Waals surface area contributed by atoms with E-state index in [1.807, 2.05) is 13.8 Å². The Kier molecular flexibility index (Phi) is 5.06. The molecule has 2 aromatic rings. The van der Waals surface area contributed by atoms with Gasteiger partial charge in [0.1, 0.15) is 11.9 Å². The number of carbonyl (C=O) groups is 2. The first-order valence-electron chi connectivity index (χ1n) is 8.72. The quantitative estimate of drug-likeness (QED) is 0.911. The smallest absolute Gasteiger partial charge is 0.326 e. The zero-order valence-corrected chi connectivity index (χ0v) is 14.9. The summed E-state index contributed by atoms with van der Waals surface area (Å²) in [5, 5.41) is 13.8. The second kappa shape index (κ2) is 7.27. The normalized spacial score (nSPS) is 17.3. The van der Waals surface area contributed by atoms with Crippen LogP contribution >= 0.6 is 0 Å². The average Bonchev–Trinajstić information content (AvgIpc) is 2.90. The van der Waals surface area contributed by atoms with Gasteiger partial charge in [-0.2, -0.15) is 5.10 Å². The van der Waals surface area contributed by atoms with E-state index in [0.717, 1.165) is 24.1 Å². The first-order chi connectivity index (χ1) is 12.4. The van der Waals surface area contributed by atoms with Crippen molar-refractivity contribution in [3.8, 4) is 5.69 Å². The molecule has 0 aliphatic carbocycles. The zero-order chi connectivity index (χ0) is 18.8. The maximum Gasteiger partial charge on any atom is 0.326 e. The summed E-state index contributed by atoms with van der Waals surface area (Å²) in [5.74, 6) is -1.47. The summed E-state index contributed by atoms with van der Waals surface area (Å²) in [7, 11) is 0. The van der Waals surface area contributed by atoms with E-state index in [1.165, 1.54) is 17.0 Å². The van der Waals surface area contributed by atoms with Crippen molar-refractivity contribution in [2.75, 3.05) is 6.54 Å². The molecule has 0 radical (unpaired) electrons. The fourth-order valence-electron chi connectivity index (χ4n) is 3.50. The van der Waals surface area contributed by atoms with Crippen molar-refractivity contribution >= 4 is 11.9 Å². The minimum atomic E-state index is -0.950. The SMILES string of the molecule is Cc1nn(-c2ccc(F)cc2)c(C)c1CC(=O)N1CCCCC1C(=O)O. The molecule has 6 nitrogen and oxygen atoms in total. The molecule has 0 spiro atoms. The van der Waals surface area contributed by atoms with Crippen molar-refractivity contribution in [3.05, 3.63) is 47.0 Å². The number of aliphatic carboxylic acids is 1. The van der Waals surface area contributed by atoms with Crippen LogP contribution in [-0.4, -0.2) is 44.3 Å². The predicted octanol–water partition coefficient (Wildman–Crippen LogP) is 2.64. The van der Waals surface area contributed by atoms with Crippen LogP contribution in [-0.2, 0) is 16.0 Å². The molecular weight excluding hydrogens is 337 g/mol. The highest BCUT2D eigenvalue weighted by Gasteiger charge is 2.32. The van der Waals surface area contributed by atoms with Gasteiger partial charge < -0.3 is 10.0 Å². The van der Waals surface area contributed by atoms with E-state index in [9.17, 15) is 19.1 Å². The van der Waals surface area contributed by atoms with Crippen LogP contribution in [0.2, 0.25) is 0 Å². The molecule has 1 atom stereocenters. The number of carbonyl (C=O) groups excluding carboxylic acids is 1. The van der Waals surface area contributed by atoms with E-state index in [-0.39, 0.29) is 18.1 Å². The van der Waals surface area contributed by atoms with Crippen molar-refractivity contribution in [1.29, 1.82) is 0 Å². The standard InChI is InChI=1S/C19H22FN3O3/c1-12-16(11-18(24)22-10-4-3-5-17(22)19(25)26)13(2)23(21-12)15-8-6-14(20)7-9-15/h6-9,17H,3-5,10-11H2,1-2H3,(H,25,26). The van der Waals surface area contributed by atoms with Crippen LogP contribution in [0.25, 0.3) is 5.69 Å². The van der Waals surface area contributed by atoms with E-state index in [4.69, 9.17) is 0 Å². The number of piperidine rings is 1. The monoisotopic (exact) mass is 359 g/mol. The Bertz CT molecular complexity index is 829. The van der Waals surface area contributed by atoms with Gasteiger partial charge in [0, 0.05) is 17.8 Å². The Balaban J connectivity index is 1.84. The van der Waals surface area contributed by atoms with Gasteiger partial charge in [-0.25, -0.2) is 13.9 Å². The molecule has 1 N–H and O–H groups in total. The molecule has 1 aliphatic heterocycles. The van der Waals surface area contributed by atoms with Gasteiger partial charge in [-0.3, -0.25) is 4.79 Å². The van der Waals surface area contributed by atoms with Crippen molar-refractivity contribution in [3.63, 3.8) is 0 Å². The first-order valence-corrected chi connectivity index (χ1v) is 8.72. The molecule has 1 aromatic carbocycles. The van der Waals surface area contributed by atoms with Crippen LogP contribution in [0, 0.1) is 19.7 Å². The molecule has 0 saturated carbocycles. The maximum absolute atomic E-state index is 13.1. The number of benzene rings is 1. The summed E-state index contributed by atoms with van der Waals surface area (Å²) in [4.78, 5) is 25.7. The molecule has 7 heteroatoms. The van der Waals surface area contributed by atoms with Crippen LogP contribution in [0.5, 0.6) is 0 Å². The van der Waals surface area contributed by atoms with Gasteiger partial charge in [0.25, 0.3) is 0 Å². The number of hydrogen-bond acceptors (Lipinski definition) is 3. The summed E-state index contributed by atoms with van der Waals surface area (Å²) in [6, 6.07) is 5.24. The predicted molar refractivity (Wildman–Crippen MR) is 93.7 cm³/mol. The molecule has 2 heterocycles. The number of carboxylic acids is 1. The minimum absolute atomic E-state index is 0.114. The number of hydrogen-bond donors (Lipinski definition) is 1. The van der Waals surface area contributed by atoms with Crippen molar-refractivity contribution in [2.45, 2.75) is 45.6 Å². The molecule has 1 unspecified atom stereocenters. The molecule has 1 aromatic heterocycles. The molecule has 138 valence electrons. The van der Waals surface area contributed by atoms with E-state index in [2.05, 4.69) is 5.10 Å². The Hall–Kier alpha value is -2.70. The summed E-state index contributed by atoms with van der Waals surface area (Å²) < 4.78 is 14.8. The second-order valence-electron chi connectivity index (χ2n) is 6.65. The third-order valence-corrected chi connectivity index (χ3v) is 4.95. The number of rotatable bonds is 4. The molecular formula is C19H22FN3O3. The van der Waals surface area contributed by atoms with Crippen molar-refractivity contribution < 1.29 is 19.1 Å². The summed E-state index contributed by atoms with van der Waals surface area (Å²) in [6.07, 6.45) is 2.25. The van der Waals surface area contributed by atoms with E-state index in [1.54, 1.807) is 16.8 Å². The molecule has 0 bridgehead atoms. The number of likely N-dealkylation sites (tertiary alicyclic amines) is 1. The lowest BCUT2D eigenvalue weighted by Gasteiger charge is -2.33. The molecule has 26 heavy (non-hydrogen) atoms. The Labute approximate surface area is 151 Å². The Morgan fingerprint density at radius 2 is 1.92 bits per heavy atom. The van der Waals surface area contributed by atoms with Gasteiger partial charge in [0.05, 0.1) is 17.8 Å². The highest BCUT2D eigenvalue weighted by Crippen LogP contribution is 2.22. The Morgan fingerprint density at radius 1 is 1.23 bits per heavy atom. The molecule has 1 fully saturated rings. The van der Waals surface area contributed by atoms with Crippen LogP contribution in [0.1, 0.15) is 36.2 Å². The maximum atomic E-state index is 13.1. The minimum Gasteiger partial charge on any atom is -0.480 e. The number of aryl methyl sites for hydroxylation is 1. The highest BCUT2D eigenvalue weighted by molar-refractivity contribution is 5.85. The number of aromatic nitrogens is 2. The summed E-state index contributed by atoms with van der Waals surface area (Å²) in [6.45, 7) is 4.15.